The molecule has 2 aliphatic rings. The molecule has 0 aromatic rings. The maximum Gasteiger partial charge on any atom is 0.125 e. The fourth-order valence-electron chi connectivity index (χ4n) is 4.36. The van der Waals surface area contributed by atoms with Crippen molar-refractivity contribution in [3.63, 3.8) is 0 Å². The van der Waals surface area contributed by atoms with Crippen LogP contribution < -0.4 is 0 Å². The molecule has 3 nitrogen and oxygen atoms in total. The molecule has 0 unspecified atom stereocenters. The Morgan fingerprint density at radius 2 is 1.72 bits per heavy atom. The molecule has 0 saturated heterocycles. The van der Waals surface area contributed by atoms with Crippen LogP contribution in [0, 0.1) is 16.7 Å². The molecule has 0 aromatic carbocycles. The normalized spacial score (nSPS) is 50.9. The van der Waals surface area contributed by atoms with Crippen LogP contribution in [0.3, 0.4) is 0 Å². The number of hydrogen-bond donors (Lipinski definition) is 3. The molecule has 0 aliphatic heterocycles. The van der Waals surface area contributed by atoms with Crippen LogP contribution in [0.15, 0.2) is 12.2 Å². The van der Waals surface area contributed by atoms with Crippen LogP contribution in [0.5, 0.6) is 0 Å². The lowest BCUT2D eigenvalue weighted by atomic mass is 9.46. The van der Waals surface area contributed by atoms with E-state index in [-0.39, 0.29) is 11.3 Å². The molecule has 0 aromatic heterocycles. The third-order valence-corrected chi connectivity index (χ3v) is 5.67. The predicted molar refractivity (Wildman–Crippen MR) is 71.0 cm³/mol. The summed E-state index contributed by atoms with van der Waals surface area (Å²) in [5, 5.41) is 31.1. The Morgan fingerprint density at radius 3 is 2.28 bits per heavy atom. The smallest absolute Gasteiger partial charge is 0.125 e. The van der Waals surface area contributed by atoms with Crippen LogP contribution in [0.25, 0.3) is 0 Å². The quantitative estimate of drug-likeness (QED) is 0.626. The number of rotatable bonds is 1. The fourth-order valence-corrected chi connectivity index (χ4v) is 4.36. The second-order valence-electron chi connectivity index (χ2n) is 7.26. The van der Waals surface area contributed by atoms with Gasteiger partial charge in [0.1, 0.15) is 11.2 Å². The van der Waals surface area contributed by atoms with Crippen LogP contribution in [-0.2, 0) is 0 Å². The molecule has 3 heteroatoms. The highest BCUT2D eigenvalue weighted by Crippen LogP contribution is 2.61. The summed E-state index contributed by atoms with van der Waals surface area (Å²) in [4.78, 5) is 0. The van der Waals surface area contributed by atoms with Gasteiger partial charge in [-0.25, -0.2) is 0 Å². The molecule has 0 spiro atoms. The lowest BCUT2D eigenvalue weighted by molar-refractivity contribution is -0.242. The van der Waals surface area contributed by atoms with Crippen molar-refractivity contribution in [2.24, 2.45) is 16.7 Å². The zero-order chi connectivity index (χ0) is 13.8. The van der Waals surface area contributed by atoms with E-state index < -0.39 is 23.2 Å². The monoisotopic (exact) mass is 254 g/mol. The Balaban J connectivity index is 2.58. The first kappa shape index (κ1) is 14.0. The van der Waals surface area contributed by atoms with Gasteiger partial charge in [-0.3, -0.25) is 0 Å². The predicted octanol–water partition coefficient (Wildman–Crippen LogP) is 1.86. The molecule has 1 fully saturated rings. The van der Waals surface area contributed by atoms with E-state index in [1.54, 1.807) is 13.0 Å². The summed E-state index contributed by atoms with van der Waals surface area (Å²) in [7, 11) is 0. The van der Waals surface area contributed by atoms with Crippen molar-refractivity contribution in [2.45, 2.75) is 58.2 Å². The second-order valence-corrected chi connectivity index (χ2v) is 7.26. The molecule has 1 saturated carbocycles. The average molecular weight is 254 g/mol. The van der Waals surface area contributed by atoms with Gasteiger partial charge < -0.3 is 15.3 Å². The molecule has 18 heavy (non-hydrogen) atoms. The van der Waals surface area contributed by atoms with Crippen LogP contribution in [-0.4, -0.2) is 33.1 Å². The van der Waals surface area contributed by atoms with E-state index in [1.807, 2.05) is 13.0 Å². The van der Waals surface area contributed by atoms with Crippen molar-refractivity contribution in [1.29, 1.82) is 0 Å². The Labute approximate surface area is 110 Å². The molecule has 104 valence electrons. The van der Waals surface area contributed by atoms with Gasteiger partial charge in [-0.1, -0.05) is 39.3 Å². The Bertz CT molecular complexity index is 372. The van der Waals surface area contributed by atoms with E-state index in [0.717, 1.165) is 19.3 Å². The summed E-state index contributed by atoms with van der Waals surface area (Å²) in [6.45, 7) is 7.59. The first-order valence-electron chi connectivity index (χ1n) is 6.86. The zero-order valence-corrected chi connectivity index (χ0v) is 11.9. The summed E-state index contributed by atoms with van der Waals surface area (Å²) in [5.74, 6) is 0.177. The van der Waals surface area contributed by atoms with Gasteiger partial charge in [-0.05, 0) is 31.1 Å². The van der Waals surface area contributed by atoms with E-state index in [9.17, 15) is 15.3 Å². The van der Waals surface area contributed by atoms with Gasteiger partial charge in [0.2, 0.25) is 0 Å². The number of fused-ring (bicyclic) bond motifs is 1. The minimum absolute atomic E-state index is 0.0865. The minimum Gasteiger partial charge on any atom is -0.393 e. The summed E-state index contributed by atoms with van der Waals surface area (Å²) < 4.78 is 0. The molecule has 2 rings (SSSR count). The number of hydrogen-bond acceptors (Lipinski definition) is 3. The average Bonchev–Trinajstić information content (AvgIpc) is 2.24. The van der Waals surface area contributed by atoms with Crippen LogP contribution in [0.2, 0.25) is 0 Å². The first-order valence-corrected chi connectivity index (χ1v) is 6.86. The molecule has 0 radical (unpaired) electrons. The molecule has 0 amide bonds. The van der Waals surface area contributed by atoms with Gasteiger partial charge >= 0.3 is 0 Å². The maximum atomic E-state index is 10.9. The highest BCUT2D eigenvalue weighted by atomic mass is 16.4. The third-order valence-electron chi connectivity index (χ3n) is 5.67. The summed E-state index contributed by atoms with van der Waals surface area (Å²) in [6, 6.07) is 0. The van der Waals surface area contributed by atoms with Crippen molar-refractivity contribution in [1.82, 2.24) is 0 Å². The maximum absolute atomic E-state index is 10.9. The lowest BCUT2D eigenvalue weighted by Crippen LogP contribution is -2.69. The van der Waals surface area contributed by atoms with Crippen molar-refractivity contribution in [3.05, 3.63) is 12.2 Å². The number of aliphatic hydroxyl groups excluding tert-OH is 1. The van der Waals surface area contributed by atoms with Gasteiger partial charge in [0.05, 0.1) is 6.61 Å². The SMILES string of the molecule is CC1(C)CCC[C@@]2(C)[C@@H]1C=C[C@](C)(O)[C@]2(O)CO. The highest BCUT2D eigenvalue weighted by molar-refractivity contribution is 5.27. The molecule has 4 atom stereocenters. The topological polar surface area (TPSA) is 60.7 Å². The Hall–Kier alpha value is -0.380. The van der Waals surface area contributed by atoms with Crippen LogP contribution in [0.1, 0.15) is 47.0 Å². The van der Waals surface area contributed by atoms with E-state index >= 15 is 0 Å². The van der Waals surface area contributed by atoms with Crippen LogP contribution >= 0.6 is 0 Å². The third kappa shape index (κ3) is 1.54. The number of aliphatic hydroxyl groups is 3. The number of allylic oxidation sites excluding steroid dienone is 1. The lowest BCUT2D eigenvalue weighted by Gasteiger charge is -2.62. The first-order chi connectivity index (χ1) is 8.11. The van der Waals surface area contributed by atoms with Gasteiger partial charge in [0.15, 0.2) is 0 Å². The van der Waals surface area contributed by atoms with E-state index in [1.165, 1.54) is 0 Å². The standard InChI is InChI=1S/C15H26O3/c1-12(2)7-5-8-13(3)11(12)6-9-14(4,17)15(13,18)10-16/h6,9,11,16-18H,5,7-8,10H2,1-4H3/t11-,13+,14+,15+/m1/s1. The summed E-state index contributed by atoms with van der Waals surface area (Å²) >= 11 is 0. The van der Waals surface area contributed by atoms with Crippen molar-refractivity contribution < 1.29 is 15.3 Å². The largest absolute Gasteiger partial charge is 0.393 e. The van der Waals surface area contributed by atoms with Crippen molar-refractivity contribution >= 4 is 0 Å². The minimum atomic E-state index is -1.48. The van der Waals surface area contributed by atoms with Gasteiger partial charge in [0, 0.05) is 5.41 Å². The van der Waals surface area contributed by atoms with E-state index in [4.69, 9.17) is 0 Å². The van der Waals surface area contributed by atoms with Crippen LogP contribution in [0.4, 0.5) is 0 Å². The van der Waals surface area contributed by atoms with E-state index in [0.29, 0.717) is 0 Å². The molecule has 0 heterocycles. The summed E-state index contributed by atoms with van der Waals surface area (Å²) in [5.41, 5.74) is -3.25. The molecular formula is C15H26O3. The molecule has 2 aliphatic carbocycles. The second kappa shape index (κ2) is 3.81. The molecule has 3 N–H and O–H groups in total. The fraction of sp³-hybridized carbons (Fsp3) is 0.867. The van der Waals surface area contributed by atoms with Gasteiger partial charge in [0.25, 0.3) is 0 Å². The zero-order valence-electron chi connectivity index (χ0n) is 11.9. The highest BCUT2D eigenvalue weighted by Gasteiger charge is 2.64. The van der Waals surface area contributed by atoms with Gasteiger partial charge in [-0.2, -0.15) is 0 Å². The molecule has 0 bridgehead atoms. The molecular weight excluding hydrogens is 228 g/mol. The van der Waals surface area contributed by atoms with E-state index in [2.05, 4.69) is 13.8 Å². The summed E-state index contributed by atoms with van der Waals surface area (Å²) in [6.07, 6.45) is 6.68. The van der Waals surface area contributed by atoms with Crippen molar-refractivity contribution in [2.75, 3.05) is 6.61 Å². The Kier molecular flexibility index (Phi) is 2.97. The van der Waals surface area contributed by atoms with Gasteiger partial charge in [-0.15, -0.1) is 0 Å². The van der Waals surface area contributed by atoms with Crippen molar-refractivity contribution in [3.8, 4) is 0 Å². The Morgan fingerprint density at radius 1 is 1.11 bits per heavy atom.